The van der Waals surface area contributed by atoms with E-state index in [1.807, 2.05) is 26.0 Å². The van der Waals surface area contributed by atoms with Crippen LogP contribution in [-0.2, 0) is 9.47 Å². The third-order valence-corrected chi connectivity index (χ3v) is 5.51. The minimum atomic E-state index is -1.75. The van der Waals surface area contributed by atoms with Gasteiger partial charge in [0.2, 0.25) is 11.7 Å². The van der Waals surface area contributed by atoms with Gasteiger partial charge in [0.1, 0.15) is 0 Å². The van der Waals surface area contributed by atoms with Gasteiger partial charge in [0, 0.05) is 6.92 Å². The first-order valence-electron chi connectivity index (χ1n) is 7.53. The number of hydrogen-bond donors (Lipinski definition) is 1. The van der Waals surface area contributed by atoms with E-state index in [4.69, 9.17) is 14.9 Å². The summed E-state index contributed by atoms with van der Waals surface area (Å²) in [5.74, 6) is -2.13. The molecule has 22 heavy (non-hydrogen) atoms. The molecule has 0 aliphatic carbocycles. The summed E-state index contributed by atoms with van der Waals surface area (Å²) in [7, 11) is 0. The number of hydrogen-bond acceptors (Lipinski definition) is 6. The molecule has 0 saturated carbocycles. The van der Waals surface area contributed by atoms with Crippen molar-refractivity contribution in [3.05, 3.63) is 0 Å². The summed E-state index contributed by atoms with van der Waals surface area (Å²) in [5.41, 5.74) is -3.35. The van der Waals surface area contributed by atoms with Gasteiger partial charge in [0.05, 0.1) is 30.2 Å². The molecular weight excluding hydrogens is 280 g/mol. The van der Waals surface area contributed by atoms with Gasteiger partial charge in [0.25, 0.3) is 0 Å². The molecule has 6 heteroatoms. The predicted octanol–water partition coefficient (Wildman–Crippen LogP) is 2.72. The highest BCUT2D eigenvalue weighted by molar-refractivity contribution is 5.89. The number of ether oxygens (including phenoxy) is 2. The van der Waals surface area contributed by atoms with Crippen LogP contribution in [0.5, 0.6) is 0 Å². The Kier molecular flexibility index (Phi) is 3.68. The average molecular weight is 300 g/mol. The van der Waals surface area contributed by atoms with Gasteiger partial charge in [-0.2, -0.15) is 15.8 Å². The molecule has 4 unspecified atom stereocenters. The van der Waals surface area contributed by atoms with Crippen LogP contribution in [-0.4, -0.2) is 17.8 Å². The summed E-state index contributed by atoms with van der Waals surface area (Å²) in [5, 5.41) is 37.7. The monoisotopic (exact) mass is 300 g/mol. The van der Waals surface area contributed by atoms with Crippen LogP contribution in [0.3, 0.4) is 0 Å². The van der Waals surface area contributed by atoms with Gasteiger partial charge in [-0.05, 0) is 5.92 Å². The van der Waals surface area contributed by atoms with E-state index in [0.29, 0.717) is 12.8 Å². The molecule has 0 aromatic rings. The Morgan fingerprint density at radius 3 is 2.14 bits per heavy atom. The van der Waals surface area contributed by atoms with Crippen LogP contribution in [0.2, 0.25) is 0 Å². The molecule has 4 atom stereocenters. The van der Waals surface area contributed by atoms with Crippen molar-refractivity contribution in [1.29, 1.82) is 21.2 Å². The van der Waals surface area contributed by atoms with E-state index in [1.54, 1.807) is 13.8 Å². The molecule has 2 bridgehead atoms. The minimum absolute atomic E-state index is 0.0617. The number of nitrogens with one attached hydrogen (secondary N) is 1. The Bertz CT molecular complexity index is 608. The zero-order valence-electron chi connectivity index (χ0n) is 13.3. The first kappa shape index (κ1) is 16.3. The highest BCUT2D eigenvalue weighted by Crippen LogP contribution is 2.63. The van der Waals surface area contributed by atoms with E-state index in [2.05, 4.69) is 6.07 Å². The summed E-state index contributed by atoms with van der Waals surface area (Å²) < 4.78 is 11.6. The smallest absolute Gasteiger partial charge is 0.214 e. The first-order valence-corrected chi connectivity index (χ1v) is 7.53. The van der Waals surface area contributed by atoms with Gasteiger partial charge >= 0.3 is 0 Å². The van der Waals surface area contributed by atoms with Crippen LogP contribution >= 0.6 is 0 Å². The molecule has 6 nitrogen and oxygen atoms in total. The molecule has 1 N–H and O–H groups in total. The number of nitrogens with zero attached hydrogens (tertiary/aromatic N) is 3. The molecule has 116 valence electrons. The third kappa shape index (κ3) is 1.52. The number of rotatable bonds is 3. The van der Waals surface area contributed by atoms with Gasteiger partial charge in [-0.1, -0.05) is 33.6 Å². The Labute approximate surface area is 130 Å². The molecule has 0 aromatic heterocycles. The standard InChI is InChI=1S/C16H20N4O2/c1-5-11(6-2)12-15(7-17,8-18)16(9-19)10(3)14(4,21-12)22-13(16)20/h10-12,20H,5-6H2,1-4H3. The number of fused-ring (bicyclic) bond motifs is 2. The average Bonchev–Trinajstić information content (AvgIpc) is 2.65. The van der Waals surface area contributed by atoms with Gasteiger partial charge in [0.15, 0.2) is 10.8 Å². The van der Waals surface area contributed by atoms with Crippen molar-refractivity contribution in [2.24, 2.45) is 22.7 Å². The maximum Gasteiger partial charge on any atom is 0.214 e. The summed E-state index contributed by atoms with van der Waals surface area (Å²) in [4.78, 5) is 0. The lowest BCUT2D eigenvalue weighted by Crippen LogP contribution is -2.62. The molecule has 2 fully saturated rings. The van der Waals surface area contributed by atoms with Gasteiger partial charge < -0.3 is 9.47 Å². The van der Waals surface area contributed by atoms with Crippen LogP contribution in [0.4, 0.5) is 0 Å². The van der Waals surface area contributed by atoms with Crippen LogP contribution in [0.1, 0.15) is 40.5 Å². The lowest BCUT2D eigenvalue weighted by Gasteiger charge is -2.49. The molecule has 2 heterocycles. The second kappa shape index (κ2) is 4.97. The second-order valence-corrected chi connectivity index (χ2v) is 6.24. The summed E-state index contributed by atoms with van der Waals surface area (Å²) in [6, 6.07) is 6.15. The lowest BCUT2D eigenvalue weighted by atomic mass is 9.53. The Morgan fingerprint density at radius 2 is 1.73 bits per heavy atom. The maximum atomic E-state index is 9.84. The number of nitriles is 3. The third-order valence-electron chi connectivity index (χ3n) is 5.51. The fourth-order valence-electron chi connectivity index (χ4n) is 3.90. The van der Waals surface area contributed by atoms with Crippen LogP contribution in [0.25, 0.3) is 0 Å². The quantitative estimate of drug-likeness (QED) is 0.860. The zero-order valence-corrected chi connectivity index (χ0v) is 13.3. The molecule has 0 spiro atoms. The highest BCUT2D eigenvalue weighted by atomic mass is 16.7. The van der Waals surface area contributed by atoms with Crippen molar-refractivity contribution in [1.82, 2.24) is 0 Å². The molecule has 2 rings (SSSR count). The Hall–Kier alpha value is -2.10. The Balaban J connectivity index is 2.78. The fourth-order valence-corrected chi connectivity index (χ4v) is 3.90. The van der Waals surface area contributed by atoms with Crippen LogP contribution in [0.15, 0.2) is 0 Å². The largest absolute Gasteiger partial charge is 0.448 e. The van der Waals surface area contributed by atoms with Crippen molar-refractivity contribution < 1.29 is 9.47 Å². The second-order valence-electron chi connectivity index (χ2n) is 6.24. The van der Waals surface area contributed by atoms with Crippen molar-refractivity contribution >= 4 is 5.90 Å². The van der Waals surface area contributed by atoms with Crippen LogP contribution < -0.4 is 0 Å². The maximum absolute atomic E-state index is 9.84. The normalized spacial score (nSPS) is 38.7. The summed E-state index contributed by atoms with van der Waals surface area (Å²) >= 11 is 0. The van der Waals surface area contributed by atoms with Crippen LogP contribution in [0, 0.1) is 62.1 Å². The van der Waals surface area contributed by atoms with E-state index in [-0.39, 0.29) is 11.8 Å². The van der Waals surface area contributed by atoms with E-state index in [1.165, 1.54) is 0 Å². The Morgan fingerprint density at radius 1 is 1.18 bits per heavy atom. The molecule has 0 aromatic carbocycles. The van der Waals surface area contributed by atoms with Gasteiger partial charge in [-0.3, -0.25) is 5.41 Å². The van der Waals surface area contributed by atoms with E-state index >= 15 is 0 Å². The van der Waals surface area contributed by atoms with Gasteiger partial charge in [-0.25, -0.2) is 0 Å². The fraction of sp³-hybridized carbons (Fsp3) is 0.750. The highest BCUT2D eigenvalue weighted by Gasteiger charge is 2.78. The van der Waals surface area contributed by atoms with E-state index in [0.717, 1.165) is 0 Å². The topological polar surface area (TPSA) is 114 Å². The van der Waals surface area contributed by atoms with E-state index < -0.39 is 28.6 Å². The lowest BCUT2D eigenvalue weighted by molar-refractivity contribution is -0.277. The van der Waals surface area contributed by atoms with Crippen molar-refractivity contribution in [3.63, 3.8) is 0 Å². The zero-order chi connectivity index (χ0) is 16.8. The molecule has 2 saturated heterocycles. The first-order chi connectivity index (χ1) is 10.3. The SMILES string of the molecule is CCC(CC)C1OC2(C)OC(=N)C(C#N)(C2C)C1(C#N)C#N. The van der Waals surface area contributed by atoms with Crippen molar-refractivity contribution in [2.45, 2.75) is 52.4 Å². The summed E-state index contributed by atoms with van der Waals surface area (Å²) in [6.07, 6.45) is 0.665. The van der Waals surface area contributed by atoms with E-state index in [9.17, 15) is 15.8 Å². The van der Waals surface area contributed by atoms with Crippen molar-refractivity contribution in [2.75, 3.05) is 0 Å². The molecule has 2 aliphatic rings. The van der Waals surface area contributed by atoms with Gasteiger partial charge in [-0.15, -0.1) is 0 Å². The molecular formula is C16H20N4O2. The van der Waals surface area contributed by atoms with Crippen molar-refractivity contribution in [3.8, 4) is 18.2 Å². The predicted molar refractivity (Wildman–Crippen MR) is 77.0 cm³/mol. The summed E-state index contributed by atoms with van der Waals surface area (Å²) in [6.45, 7) is 7.31. The molecule has 0 amide bonds. The molecule has 0 radical (unpaired) electrons. The molecule has 2 aliphatic heterocycles. The minimum Gasteiger partial charge on any atom is -0.448 e.